The summed E-state index contributed by atoms with van der Waals surface area (Å²) in [6.45, 7) is 2.57. The van der Waals surface area contributed by atoms with E-state index in [9.17, 15) is 9.59 Å². The maximum Gasteiger partial charge on any atom is 0.258 e. The fraction of sp³-hybridized carbons (Fsp3) is 0.467. The van der Waals surface area contributed by atoms with E-state index in [0.717, 1.165) is 18.4 Å². The van der Waals surface area contributed by atoms with Crippen LogP contribution in [0.5, 0.6) is 5.75 Å². The molecule has 1 aliphatic heterocycles. The second-order valence-corrected chi connectivity index (χ2v) is 5.01. The largest absolute Gasteiger partial charge is 0.484 e. The number of carbonyl (C=O) groups excluding carboxylic acids is 2. The van der Waals surface area contributed by atoms with E-state index in [1.165, 1.54) is 0 Å². The highest BCUT2D eigenvalue weighted by Crippen LogP contribution is 2.12. The van der Waals surface area contributed by atoms with Gasteiger partial charge in [-0.25, -0.2) is 0 Å². The lowest BCUT2D eigenvalue weighted by molar-refractivity contribution is -0.129. The van der Waals surface area contributed by atoms with E-state index in [0.29, 0.717) is 18.7 Å². The van der Waals surface area contributed by atoms with Crippen LogP contribution in [0.25, 0.3) is 0 Å². The highest BCUT2D eigenvalue weighted by Gasteiger charge is 2.22. The summed E-state index contributed by atoms with van der Waals surface area (Å²) < 4.78 is 5.41. The molecule has 2 amide bonds. The topological polar surface area (TPSA) is 67.4 Å². The molecule has 1 fully saturated rings. The van der Waals surface area contributed by atoms with Crippen molar-refractivity contribution in [2.45, 2.75) is 32.2 Å². The SMILES string of the molecule is Cc1cccc(OCC(=O)N[C@H]2CCCCNC2=O)c1. The maximum absolute atomic E-state index is 11.8. The summed E-state index contributed by atoms with van der Waals surface area (Å²) in [4.78, 5) is 23.5. The van der Waals surface area contributed by atoms with Gasteiger partial charge in [0.1, 0.15) is 11.8 Å². The molecular weight excluding hydrogens is 256 g/mol. The van der Waals surface area contributed by atoms with Crippen LogP contribution in [-0.2, 0) is 9.59 Å². The van der Waals surface area contributed by atoms with Crippen molar-refractivity contribution in [1.82, 2.24) is 10.6 Å². The van der Waals surface area contributed by atoms with Gasteiger partial charge in [-0.15, -0.1) is 0 Å². The average molecular weight is 276 g/mol. The van der Waals surface area contributed by atoms with Crippen LogP contribution in [0.2, 0.25) is 0 Å². The Hall–Kier alpha value is -2.04. The summed E-state index contributed by atoms with van der Waals surface area (Å²) in [6, 6.07) is 7.07. The second kappa shape index (κ2) is 6.93. The van der Waals surface area contributed by atoms with E-state index in [1.807, 2.05) is 25.1 Å². The summed E-state index contributed by atoms with van der Waals surface area (Å²) in [5.74, 6) is 0.283. The number of rotatable bonds is 4. The predicted octanol–water partition coefficient (Wildman–Crippen LogP) is 1.16. The first-order valence-electron chi connectivity index (χ1n) is 6.92. The number of hydrogen-bond donors (Lipinski definition) is 2. The Labute approximate surface area is 118 Å². The molecule has 0 aliphatic carbocycles. The van der Waals surface area contributed by atoms with Crippen molar-refractivity contribution >= 4 is 11.8 Å². The summed E-state index contributed by atoms with van der Waals surface area (Å²) in [7, 11) is 0. The van der Waals surface area contributed by atoms with Gasteiger partial charge in [-0.05, 0) is 43.9 Å². The van der Waals surface area contributed by atoms with Gasteiger partial charge >= 0.3 is 0 Å². The lowest BCUT2D eigenvalue weighted by Crippen LogP contribution is -2.46. The Morgan fingerprint density at radius 2 is 2.30 bits per heavy atom. The zero-order valence-corrected chi connectivity index (χ0v) is 11.6. The average Bonchev–Trinajstić information content (AvgIpc) is 2.62. The Morgan fingerprint density at radius 3 is 3.10 bits per heavy atom. The van der Waals surface area contributed by atoms with Gasteiger partial charge in [0.2, 0.25) is 5.91 Å². The first kappa shape index (κ1) is 14.4. The zero-order valence-electron chi connectivity index (χ0n) is 11.6. The molecule has 0 bridgehead atoms. The predicted molar refractivity (Wildman–Crippen MR) is 75.5 cm³/mol. The van der Waals surface area contributed by atoms with Crippen LogP contribution < -0.4 is 15.4 Å². The number of hydrogen-bond acceptors (Lipinski definition) is 3. The molecule has 1 atom stereocenters. The van der Waals surface area contributed by atoms with E-state index >= 15 is 0 Å². The summed E-state index contributed by atoms with van der Waals surface area (Å²) >= 11 is 0. The number of carbonyl (C=O) groups is 2. The van der Waals surface area contributed by atoms with E-state index < -0.39 is 6.04 Å². The molecule has 1 heterocycles. The highest BCUT2D eigenvalue weighted by molar-refractivity contribution is 5.88. The van der Waals surface area contributed by atoms with Crippen molar-refractivity contribution in [2.75, 3.05) is 13.2 Å². The number of aryl methyl sites for hydroxylation is 1. The van der Waals surface area contributed by atoms with Crippen LogP contribution in [0.3, 0.4) is 0 Å². The third-order valence-corrected chi connectivity index (χ3v) is 3.23. The Bertz CT molecular complexity index is 488. The lowest BCUT2D eigenvalue weighted by atomic mass is 10.1. The summed E-state index contributed by atoms with van der Waals surface area (Å²) in [6.07, 6.45) is 2.57. The number of ether oxygens (including phenoxy) is 1. The molecule has 5 nitrogen and oxygen atoms in total. The summed E-state index contributed by atoms with van der Waals surface area (Å²) in [5.41, 5.74) is 1.08. The van der Waals surface area contributed by atoms with Gasteiger partial charge in [0.05, 0.1) is 0 Å². The molecule has 0 aromatic heterocycles. The number of benzene rings is 1. The standard InChI is InChI=1S/C15H20N2O3/c1-11-5-4-6-12(9-11)20-10-14(18)17-13-7-2-3-8-16-15(13)19/h4-6,9,13H,2-3,7-8,10H2,1H3,(H,16,19)(H,17,18)/t13-/m0/s1. The molecule has 0 radical (unpaired) electrons. The Kier molecular flexibility index (Phi) is 4.98. The quantitative estimate of drug-likeness (QED) is 0.867. The van der Waals surface area contributed by atoms with Crippen molar-refractivity contribution in [3.8, 4) is 5.75 Å². The third-order valence-electron chi connectivity index (χ3n) is 3.23. The normalized spacial score (nSPS) is 18.9. The Balaban J connectivity index is 1.81. The second-order valence-electron chi connectivity index (χ2n) is 5.01. The van der Waals surface area contributed by atoms with Crippen molar-refractivity contribution < 1.29 is 14.3 Å². The van der Waals surface area contributed by atoms with Crippen LogP contribution in [-0.4, -0.2) is 31.0 Å². The molecule has 5 heteroatoms. The fourth-order valence-electron chi connectivity index (χ4n) is 2.17. The lowest BCUT2D eigenvalue weighted by Gasteiger charge is -2.15. The molecule has 108 valence electrons. The van der Waals surface area contributed by atoms with Gasteiger partial charge in [0.15, 0.2) is 6.61 Å². The van der Waals surface area contributed by atoms with Gasteiger partial charge in [-0.1, -0.05) is 12.1 Å². The minimum absolute atomic E-state index is 0.0762. The molecule has 0 spiro atoms. The van der Waals surface area contributed by atoms with Crippen molar-refractivity contribution in [2.24, 2.45) is 0 Å². The summed E-state index contributed by atoms with van der Waals surface area (Å²) in [5, 5.41) is 5.50. The first-order valence-corrected chi connectivity index (χ1v) is 6.92. The number of nitrogens with one attached hydrogen (secondary N) is 2. The van der Waals surface area contributed by atoms with Crippen molar-refractivity contribution in [3.63, 3.8) is 0 Å². The van der Waals surface area contributed by atoms with Crippen molar-refractivity contribution in [3.05, 3.63) is 29.8 Å². The molecule has 20 heavy (non-hydrogen) atoms. The van der Waals surface area contributed by atoms with Crippen LogP contribution in [0.1, 0.15) is 24.8 Å². The minimum Gasteiger partial charge on any atom is -0.484 e. The molecule has 0 unspecified atom stereocenters. The Morgan fingerprint density at radius 1 is 1.45 bits per heavy atom. The number of amides is 2. The van der Waals surface area contributed by atoms with Gasteiger partial charge in [-0.2, -0.15) is 0 Å². The molecule has 2 rings (SSSR count). The van der Waals surface area contributed by atoms with Crippen molar-refractivity contribution in [1.29, 1.82) is 0 Å². The molecule has 1 aromatic rings. The van der Waals surface area contributed by atoms with E-state index in [-0.39, 0.29) is 18.4 Å². The smallest absolute Gasteiger partial charge is 0.258 e. The van der Waals surface area contributed by atoms with Gasteiger partial charge in [-0.3, -0.25) is 9.59 Å². The third kappa shape index (κ3) is 4.26. The fourth-order valence-corrected chi connectivity index (χ4v) is 2.17. The first-order chi connectivity index (χ1) is 9.65. The van der Waals surface area contributed by atoms with Crippen LogP contribution in [0.15, 0.2) is 24.3 Å². The maximum atomic E-state index is 11.8. The van der Waals surface area contributed by atoms with E-state index in [1.54, 1.807) is 6.07 Å². The molecule has 1 saturated heterocycles. The molecule has 0 saturated carbocycles. The van der Waals surface area contributed by atoms with Gasteiger partial charge in [0, 0.05) is 6.54 Å². The molecule has 1 aromatic carbocycles. The van der Waals surface area contributed by atoms with E-state index in [2.05, 4.69) is 10.6 Å². The zero-order chi connectivity index (χ0) is 14.4. The van der Waals surface area contributed by atoms with Gasteiger partial charge < -0.3 is 15.4 Å². The molecular formula is C15H20N2O3. The van der Waals surface area contributed by atoms with Crippen LogP contribution >= 0.6 is 0 Å². The van der Waals surface area contributed by atoms with Crippen LogP contribution in [0.4, 0.5) is 0 Å². The van der Waals surface area contributed by atoms with Gasteiger partial charge in [0.25, 0.3) is 5.91 Å². The highest BCUT2D eigenvalue weighted by atomic mass is 16.5. The molecule has 1 aliphatic rings. The van der Waals surface area contributed by atoms with E-state index in [4.69, 9.17) is 4.74 Å². The monoisotopic (exact) mass is 276 g/mol. The molecule has 2 N–H and O–H groups in total. The van der Waals surface area contributed by atoms with Crippen LogP contribution in [0, 0.1) is 6.92 Å². The minimum atomic E-state index is -0.439.